The van der Waals surface area contributed by atoms with Crippen LogP contribution in [0.5, 0.6) is 0 Å². The average Bonchev–Trinajstić information content (AvgIpc) is 2.47. The molecule has 0 bridgehead atoms. The van der Waals surface area contributed by atoms with Crippen LogP contribution in [0.25, 0.3) is 0 Å². The van der Waals surface area contributed by atoms with E-state index in [1.807, 2.05) is 26.2 Å². The molecule has 0 aromatic heterocycles. The predicted octanol–water partition coefficient (Wildman–Crippen LogP) is 3.47. The van der Waals surface area contributed by atoms with Crippen molar-refractivity contribution in [2.45, 2.75) is 13.1 Å². The van der Waals surface area contributed by atoms with Gasteiger partial charge in [-0.1, -0.05) is 42.5 Å². The maximum atomic E-state index is 13.3. The van der Waals surface area contributed by atoms with Crippen LogP contribution in [-0.2, 0) is 17.9 Å². The summed E-state index contributed by atoms with van der Waals surface area (Å²) >= 11 is 0. The van der Waals surface area contributed by atoms with Crippen LogP contribution in [0.1, 0.15) is 11.1 Å². The average molecular weight is 317 g/mol. The fourth-order valence-corrected chi connectivity index (χ4v) is 2.54. The second-order valence-electron chi connectivity index (χ2n) is 6.42. The molecule has 0 aliphatic carbocycles. The van der Waals surface area contributed by atoms with Gasteiger partial charge in [-0.05, 0) is 24.7 Å². The molecule has 0 aliphatic rings. The Kier molecular flexibility index (Phi) is 6.28. The monoisotopic (exact) mass is 317 g/mol. The van der Waals surface area contributed by atoms with Gasteiger partial charge in [0.05, 0.1) is 14.1 Å². The second-order valence-corrected chi connectivity index (χ2v) is 6.42. The first-order chi connectivity index (χ1) is 10.9. The molecule has 0 aliphatic heterocycles. The van der Waals surface area contributed by atoms with Crippen molar-refractivity contribution < 1.29 is 13.9 Å². The fraction of sp³-hybridized carbons (Fsp3) is 0.368. The summed E-state index contributed by atoms with van der Waals surface area (Å²) < 4.78 is 13.6. The fourth-order valence-electron chi connectivity index (χ4n) is 2.54. The van der Waals surface area contributed by atoms with E-state index >= 15 is 0 Å². The van der Waals surface area contributed by atoms with Crippen molar-refractivity contribution in [3.8, 4) is 0 Å². The molecule has 23 heavy (non-hydrogen) atoms. The maximum Gasteiger partial charge on any atom is 0.134 e. The number of hydrogen-bond donors (Lipinski definition) is 0. The molecule has 0 spiro atoms. The van der Waals surface area contributed by atoms with Gasteiger partial charge in [-0.15, -0.1) is 0 Å². The minimum absolute atomic E-state index is 0.204. The largest absolute Gasteiger partial charge is 0.300 e. The summed E-state index contributed by atoms with van der Waals surface area (Å²) in [4.78, 5) is 8.19. The van der Waals surface area contributed by atoms with Gasteiger partial charge in [0.25, 0.3) is 0 Å². The minimum atomic E-state index is -0.204. The highest BCUT2D eigenvalue weighted by atomic mass is 19.1. The van der Waals surface area contributed by atoms with Crippen molar-refractivity contribution in [1.82, 2.24) is 4.90 Å². The lowest BCUT2D eigenvalue weighted by Gasteiger charge is -2.28. The molecule has 0 fully saturated rings. The van der Waals surface area contributed by atoms with E-state index in [0.717, 1.165) is 18.7 Å². The number of halogens is 1. The zero-order chi connectivity index (χ0) is 16.7. The third kappa shape index (κ3) is 6.48. The van der Waals surface area contributed by atoms with Gasteiger partial charge in [-0.3, -0.25) is 4.90 Å². The molecular weight excluding hydrogens is 291 g/mol. The number of nitrogens with zero attached hydrogens (tertiary/aromatic N) is 2. The lowest BCUT2D eigenvalue weighted by molar-refractivity contribution is -1.09. The highest BCUT2D eigenvalue weighted by Crippen LogP contribution is 2.12. The first-order valence-electron chi connectivity index (χ1n) is 7.89. The molecule has 2 rings (SSSR count). The van der Waals surface area contributed by atoms with Crippen LogP contribution in [-0.4, -0.2) is 43.8 Å². The molecule has 0 radical (unpaired) electrons. The summed E-state index contributed by atoms with van der Waals surface area (Å²) in [7, 11) is 6.06. The Bertz CT molecular complexity index is 601. The van der Waals surface area contributed by atoms with Crippen LogP contribution >= 0.6 is 0 Å². The Morgan fingerprint density at radius 2 is 1.70 bits per heavy atom. The molecule has 2 aromatic rings. The van der Waals surface area contributed by atoms with Crippen LogP contribution in [0.2, 0.25) is 0 Å². The lowest BCUT2D eigenvalue weighted by Crippen LogP contribution is -2.40. The van der Waals surface area contributed by atoms with Gasteiger partial charge >= 0.3 is 0 Å². The summed E-state index contributed by atoms with van der Waals surface area (Å²) in [6, 6.07) is 17.1. The van der Waals surface area contributed by atoms with Gasteiger partial charge < -0.3 is 0 Å². The first-order valence-corrected chi connectivity index (χ1v) is 7.89. The topological polar surface area (TPSA) is 12.5 Å². The van der Waals surface area contributed by atoms with Crippen molar-refractivity contribution in [3.63, 3.8) is 0 Å². The van der Waals surface area contributed by atoms with E-state index in [-0.39, 0.29) is 5.82 Å². The lowest BCUT2D eigenvalue weighted by atomic mass is 10.2. The summed E-state index contributed by atoms with van der Waals surface area (Å²) in [5.41, 5.74) is 2.23. The molecule has 0 atom stereocenters. The van der Waals surface area contributed by atoms with Crippen LogP contribution in [0.4, 0.5) is 4.39 Å². The van der Waals surface area contributed by atoms with Gasteiger partial charge in [0, 0.05) is 18.7 Å². The van der Waals surface area contributed by atoms with Crippen LogP contribution in [0, 0.1) is 5.82 Å². The molecule has 0 unspecified atom stereocenters. The van der Waals surface area contributed by atoms with Gasteiger partial charge in [0.1, 0.15) is 19.0 Å². The van der Waals surface area contributed by atoms with Crippen LogP contribution < -0.4 is 0 Å². The number of rotatable bonds is 8. The normalized spacial score (nSPS) is 11.9. The maximum absolute atomic E-state index is 13.3. The van der Waals surface area contributed by atoms with Gasteiger partial charge in [-0.25, -0.2) is 9.23 Å². The van der Waals surface area contributed by atoms with Crippen LogP contribution in [0.15, 0.2) is 54.6 Å². The van der Waals surface area contributed by atoms with Gasteiger partial charge in [0.2, 0.25) is 0 Å². The van der Waals surface area contributed by atoms with E-state index in [9.17, 15) is 4.39 Å². The molecule has 0 amide bonds. The molecule has 124 valence electrons. The summed E-state index contributed by atoms with van der Waals surface area (Å²) in [5, 5.41) is 0. The smallest absolute Gasteiger partial charge is 0.134 e. The molecule has 2 aromatic carbocycles. The van der Waals surface area contributed by atoms with E-state index in [0.29, 0.717) is 17.8 Å². The van der Waals surface area contributed by atoms with Crippen molar-refractivity contribution in [1.29, 1.82) is 0 Å². The number of likely N-dealkylation sites (N-methyl/N-ethyl adjacent to an activating group) is 1. The van der Waals surface area contributed by atoms with E-state index < -0.39 is 0 Å². The predicted molar refractivity (Wildman–Crippen MR) is 90.9 cm³/mol. The highest BCUT2D eigenvalue weighted by molar-refractivity contribution is 5.15. The van der Waals surface area contributed by atoms with Crippen molar-refractivity contribution in [2.75, 3.05) is 34.3 Å². The highest BCUT2D eigenvalue weighted by Gasteiger charge is 2.18. The zero-order valence-corrected chi connectivity index (χ0v) is 14.2. The Morgan fingerprint density at radius 3 is 2.39 bits per heavy atom. The number of hydrogen-bond acceptors (Lipinski definition) is 2. The molecule has 0 saturated heterocycles. The molecule has 3 nitrogen and oxygen atoms in total. The standard InChI is InChI=1S/C19H26FN2O/c1-21(15-17-8-5-4-6-9-17)12-13-23-22(2,3)16-18-10-7-11-19(20)14-18/h4-11,14H,12-13,15-16H2,1-3H3/q+1. The van der Waals surface area contributed by atoms with E-state index in [2.05, 4.69) is 36.2 Å². The number of quaternary nitrogens is 1. The van der Waals surface area contributed by atoms with E-state index in [1.54, 1.807) is 12.1 Å². The molecular formula is C19H26FN2O+. The summed E-state index contributed by atoms with van der Waals surface area (Å²) in [6.07, 6.45) is 0. The van der Waals surface area contributed by atoms with Crippen molar-refractivity contribution in [2.24, 2.45) is 0 Å². The SMILES string of the molecule is CN(CCO[N+](C)(C)Cc1cccc(F)c1)Cc1ccccc1. The van der Waals surface area contributed by atoms with E-state index in [1.165, 1.54) is 11.6 Å². The molecule has 4 heteroatoms. The molecule has 0 heterocycles. The van der Waals surface area contributed by atoms with Crippen molar-refractivity contribution >= 4 is 0 Å². The van der Waals surface area contributed by atoms with E-state index in [4.69, 9.17) is 4.84 Å². The summed E-state index contributed by atoms with van der Waals surface area (Å²) in [5.74, 6) is -0.204. The quantitative estimate of drug-likeness (QED) is 0.546. The van der Waals surface area contributed by atoms with Gasteiger partial charge in [0.15, 0.2) is 0 Å². The first kappa shape index (κ1) is 17.6. The third-order valence-electron chi connectivity index (χ3n) is 3.66. The Balaban J connectivity index is 1.75. The van der Waals surface area contributed by atoms with Crippen molar-refractivity contribution in [3.05, 3.63) is 71.5 Å². The third-order valence-corrected chi connectivity index (χ3v) is 3.66. The summed E-state index contributed by atoms with van der Waals surface area (Å²) in [6.45, 7) is 3.02. The number of benzene rings is 2. The minimum Gasteiger partial charge on any atom is -0.300 e. The zero-order valence-electron chi connectivity index (χ0n) is 14.2. The van der Waals surface area contributed by atoms with Crippen LogP contribution in [0.3, 0.4) is 0 Å². The Labute approximate surface area is 138 Å². The molecule has 0 saturated carbocycles. The Hall–Kier alpha value is -1.75. The van der Waals surface area contributed by atoms with Gasteiger partial charge in [-0.2, -0.15) is 4.65 Å². The molecule has 0 N–H and O–H groups in total. The second kappa shape index (κ2) is 8.20. The Morgan fingerprint density at radius 1 is 1.00 bits per heavy atom. The number of hydroxylamine groups is 3.